The van der Waals surface area contributed by atoms with Crippen LogP contribution in [-0.2, 0) is 0 Å². The highest BCUT2D eigenvalue weighted by atomic mass is 16.2. The molecule has 2 aromatic rings. The largest absolute Gasteiger partial charge is 0.339 e. The van der Waals surface area contributed by atoms with Crippen LogP contribution in [0.5, 0.6) is 0 Å². The number of nitrogens with one attached hydrogen (secondary N) is 2. The van der Waals surface area contributed by atoms with Crippen LogP contribution in [0.15, 0.2) is 30.7 Å². The summed E-state index contributed by atoms with van der Waals surface area (Å²) in [5.74, 6) is -0.0855. The van der Waals surface area contributed by atoms with E-state index in [1.807, 2.05) is 12.1 Å². The number of fused-ring (bicyclic) bond motifs is 1. The van der Waals surface area contributed by atoms with E-state index in [2.05, 4.69) is 20.5 Å². The molecule has 0 saturated heterocycles. The second kappa shape index (κ2) is 2.91. The van der Waals surface area contributed by atoms with Crippen LogP contribution in [0.3, 0.4) is 0 Å². The third-order valence-corrected chi connectivity index (χ3v) is 2.52. The first-order chi connectivity index (χ1) is 7.36. The SMILES string of the molecule is O=C1NC(c2ccn[nH]2)c2ccncc21. The van der Waals surface area contributed by atoms with E-state index < -0.39 is 0 Å². The van der Waals surface area contributed by atoms with Gasteiger partial charge in [-0.1, -0.05) is 0 Å². The monoisotopic (exact) mass is 200 g/mol. The van der Waals surface area contributed by atoms with E-state index in [-0.39, 0.29) is 11.9 Å². The Balaban J connectivity index is 2.13. The van der Waals surface area contributed by atoms with Crippen LogP contribution in [0.2, 0.25) is 0 Å². The third-order valence-electron chi connectivity index (χ3n) is 2.52. The van der Waals surface area contributed by atoms with Crippen LogP contribution in [0, 0.1) is 0 Å². The Morgan fingerprint density at radius 3 is 3.00 bits per heavy atom. The van der Waals surface area contributed by atoms with Crippen molar-refractivity contribution in [3.63, 3.8) is 0 Å². The standard InChI is InChI=1S/C10H8N4O/c15-10-7-5-11-3-1-6(7)9(13-10)8-2-4-12-14-8/h1-5,9H,(H,12,14)(H,13,15). The Morgan fingerprint density at radius 2 is 2.20 bits per heavy atom. The Morgan fingerprint density at radius 1 is 1.27 bits per heavy atom. The molecule has 0 radical (unpaired) electrons. The molecule has 5 heteroatoms. The Labute approximate surface area is 85.5 Å². The van der Waals surface area contributed by atoms with Crippen molar-refractivity contribution in [3.8, 4) is 0 Å². The van der Waals surface area contributed by atoms with E-state index in [1.54, 1.807) is 18.6 Å². The fraction of sp³-hybridized carbons (Fsp3) is 0.100. The number of hydrogen-bond donors (Lipinski definition) is 2. The molecule has 2 N–H and O–H groups in total. The number of pyridine rings is 1. The van der Waals surface area contributed by atoms with Gasteiger partial charge in [0.05, 0.1) is 17.3 Å². The van der Waals surface area contributed by atoms with Crippen LogP contribution in [-0.4, -0.2) is 21.1 Å². The molecule has 0 bridgehead atoms. The normalized spacial score (nSPS) is 18.7. The number of aromatic nitrogens is 3. The van der Waals surface area contributed by atoms with Gasteiger partial charge in [-0.25, -0.2) is 0 Å². The Bertz CT molecular complexity index is 506. The molecule has 0 fully saturated rings. The van der Waals surface area contributed by atoms with Crippen molar-refractivity contribution < 1.29 is 4.79 Å². The number of carbonyl (C=O) groups excluding carboxylic acids is 1. The number of hydrogen-bond acceptors (Lipinski definition) is 3. The molecule has 1 amide bonds. The molecule has 1 aliphatic heterocycles. The summed E-state index contributed by atoms with van der Waals surface area (Å²) in [6.45, 7) is 0. The van der Waals surface area contributed by atoms with Gasteiger partial charge in [0.15, 0.2) is 0 Å². The lowest BCUT2D eigenvalue weighted by atomic mass is 10.1. The molecule has 0 aliphatic carbocycles. The highest BCUT2D eigenvalue weighted by Gasteiger charge is 2.30. The molecule has 3 heterocycles. The summed E-state index contributed by atoms with van der Waals surface area (Å²) in [5.41, 5.74) is 2.46. The summed E-state index contributed by atoms with van der Waals surface area (Å²) in [5, 5.41) is 9.60. The Hall–Kier alpha value is -2.17. The van der Waals surface area contributed by atoms with Crippen molar-refractivity contribution in [2.24, 2.45) is 0 Å². The van der Waals surface area contributed by atoms with Gasteiger partial charge in [-0.05, 0) is 17.7 Å². The smallest absolute Gasteiger partial charge is 0.254 e. The van der Waals surface area contributed by atoms with Crippen molar-refractivity contribution >= 4 is 5.91 Å². The topological polar surface area (TPSA) is 70.7 Å². The number of carbonyl (C=O) groups is 1. The zero-order valence-corrected chi connectivity index (χ0v) is 7.77. The molecule has 0 saturated carbocycles. The second-order valence-electron chi connectivity index (χ2n) is 3.38. The summed E-state index contributed by atoms with van der Waals surface area (Å²) in [6, 6.07) is 3.57. The maximum atomic E-state index is 11.6. The lowest BCUT2D eigenvalue weighted by Gasteiger charge is -2.07. The summed E-state index contributed by atoms with van der Waals surface area (Å²) < 4.78 is 0. The summed E-state index contributed by atoms with van der Waals surface area (Å²) in [4.78, 5) is 15.5. The van der Waals surface area contributed by atoms with E-state index in [4.69, 9.17) is 0 Å². The molecule has 0 aromatic carbocycles. The number of H-pyrrole nitrogens is 1. The van der Waals surface area contributed by atoms with E-state index in [9.17, 15) is 4.79 Å². The molecule has 74 valence electrons. The fourth-order valence-electron chi connectivity index (χ4n) is 1.81. The van der Waals surface area contributed by atoms with Gasteiger partial charge < -0.3 is 5.32 Å². The number of nitrogens with zero attached hydrogens (tertiary/aromatic N) is 2. The molecule has 1 unspecified atom stereocenters. The summed E-state index contributed by atoms with van der Waals surface area (Å²) in [6.07, 6.45) is 4.93. The molecule has 0 spiro atoms. The van der Waals surface area contributed by atoms with Gasteiger partial charge in [0, 0.05) is 18.6 Å². The van der Waals surface area contributed by atoms with Gasteiger partial charge in [-0.3, -0.25) is 14.9 Å². The highest BCUT2D eigenvalue weighted by Crippen LogP contribution is 2.28. The minimum absolute atomic E-state index is 0.0855. The first-order valence-corrected chi connectivity index (χ1v) is 4.60. The van der Waals surface area contributed by atoms with Crippen LogP contribution in [0.4, 0.5) is 0 Å². The minimum atomic E-state index is -0.127. The zero-order chi connectivity index (χ0) is 10.3. The van der Waals surface area contributed by atoms with Crippen LogP contribution in [0.25, 0.3) is 0 Å². The van der Waals surface area contributed by atoms with Gasteiger partial charge in [0.25, 0.3) is 5.91 Å². The maximum Gasteiger partial charge on any atom is 0.254 e. The van der Waals surface area contributed by atoms with Crippen molar-refractivity contribution in [2.75, 3.05) is 0 Å². The van der Waals surface area contributed by atoms with Crippen molar-refractivity contribution in [1.29, 1.82) is 0 Å². The van der Waals surface area contributed by atoms with Crippen LogP contribution >= 0.6 is 0 Å². The zero-order valence-electron chi connectivity index (χ0n) is 7.77. The van der Waals surface area contributed by atoms with E-state index in [0.29, 0.717) is 5.56 Å². The number of amides is 1. The molecule has 15 heavy (non-hydrogen) atoms. The van der Waals surface area contributed by atoms with E-state index in [1.165, 1.54) is 0 Å². The summed E-state index contributed by atoms with van der Waals surface area (Å²) in [7, 11) is 0. The van der Waals surface area contributed by atoms with Crippen molar-refractivity contribution in [1.82, 2.24) is 20.5 Å². The molecular formula is C10H8N4O. The minimum Gasteiger partial charge on any atom is -0.339 e. The molecular weight excluding hydrogens is 192 g/mol. The molecule has 1 atom stereocenters. The predicted octanol–water partition coefficient (Wildman–Crippen LogP) is 0.638. The first-order valence-electron chi connectivity index (χ1n) is 4.60. The van der Waals surface area contributed by atoms with Crippen molar-refractivity contribution in [3.05, 3.63) is 47.5 Å². The number of aromatic amines is 1. The number of rotatable bonds is 1. The van der Waals surface area contributed by atoms with E-state index in [0.717, 1.165) is 11.3 Å². The maximum absolute atomic E-state index is 11.6. The van der Waals surface area contributed by atoms with Crippen LogP contribution in [0.1, 0.15) is 27.7 Å². The molecule has 1 aliphatic rings. The van der Waals surface area contributed by atoms with Gasteiger partial charge in [0.2, 0.25) is 0 Å². The quantitative estimate of drug-likeness (QED) is 0.709. The fourth-order valence-corrected chi connectivity index (χ4v) is 1.81. The average Bonchev–Trinajstić information content (AvgIpc) is 2.87. The van der Waals surface area contributed by atoms with Gasteiger partial charge in [0.1, 0.15) is 0 Å². The van der Waals surface area contributed by atoms with Crippen LogP contribution < -0.4 is 5.32 Å². The highest BCUT2D eigenvalue weighted by molar-refractivity contribution is 5.99. The van der Waals surface area contributed by atoms with Gasteiger partial charge in [-0.15, -0.1) is 0 Å². The molecule has 5 nitrogen and oxygen atoms in total. The average molecular weight is 200 g/mol. The van der Waals surface area contributed by atoms with Gasteiger partial charge in [-0.2, -0.15) is 5.10 Å². The predicted molar refractivity (Wildman–Crippen MR) is 52.1 cm³/mol. The Kier molecular flexibility index (Phi) is 1.58. The first kappa shape index (κ1) is 8.16. The van der Waals surface area contributed by atoms with Crippen molar-refractivity contribution in [2.45, 2.75) is 6.04 Å². The molecule has 3 rings (SSSR count). The lowest BCUT2D eigenvalue weighted by Crippen LogP contribution is -2.20. The third kappa shape index (κ3) is 1.13. The van der Waals surface area contributed by atoms with E-state index >= 15 is 0 Å². The second-order valence-corrected chi connectivity index (χ2v) is 3.38. The van der Waals surface area contributed by atoms with Gasteiger partial charge >= 0.3 is 0 Å². The molecule has 2 aromatic heterocycles. The lowest BCUT2D eigenvalue weighted by molar-refractivity contribution is 0.0960. The summed E-state index contributed by atoms with van der Waals surface area (Å²) >= 11 is 0.